The fourth-order valence-electron chi connectivity index (χ4n) is 3.44. The molecule has 7 nitrogen and oxygen atoms in total. The van der Waals surface area contributed by atoms with Crippen LogP contribution in [0.3, 0.4) is 0 Å². The average molecular weight is 442 g/mol. The maximum atomic E-state index is 11.5. The molecule has 0 spiro atoms. The molecule has 3 heterocycles. The maximum absolute atomic E-state index is 11.5. The number of amides is 1. The molecule has 0 unspecified atom stereocenters. The second kappa shape index (κ2) is 8.13. The molecule has 0 saturated heterocycles. The molecule has 5 aromatic rings. The van der Waals surface area contributed by atoms with E-state index in [0.717, 1.165) is 22.0 Å². The number of rotatable bonds is 5. The van der Waals surface area contributed by atoms with E-state index in [1.807, 2.05) is 30.5 Å². The van der Waals surface area contributed by atoms with Crippen LogP contribution in [0.5, 0.6) is 11.6 Å². The van der Waals surface area contributed by atoms with E-state index in [4.69, 9.17) is 16.3 Å². The van der Waals surface area contributed by atoms with Gasteiger partial charge >= 0.3 is 0 Å². The molecule has 0 aliphatic heterocycles. The maximum Gasteiger partial charge on any atom is 0.247 e. The number of fused-ring (bicyclic) bond motifs is 2. The van der Waals surface area contributed by atoms with Gasteiger partial charge in [0, 0.05) is 40.1 Å². The predicted octanol–water partition coefficient (Wildman–Crippen LogP) is 5.74. The zero-order valence-corrected chi connectivity index (χ0v) is 17.4. The van der Waals surface area contributed by atoms with Gasteiger partial charge in [0.2, 0.25) is 11.8 Å². The Morgan fingerprint density at radius 3 is 2.91 bits per heavy atom. The van der Waals surface area contributed by atoms with Gasteiger partial charge in [0.1, 0.15) is 11.3 Å². The second-order valence-corrected chi connectivity index (χ2v) is 7.39. The molecule has 8 heteroatoms. The molecule has 1 amide bonds. The van der Waals surface area contributed by atoms with Crippen molar-refractivity contribution in [2.24, 2.45) is 0 Å². The minimum absolute atomic E-state index is 0.300. The van der Waals surface area contributed by atoms with Gasteiger partial charge < -0.3 is 15.0 Å². The number of ether oxygens (including phenoxy) is 1. The third kappa shape index (κ3) is 3.77. The Balaban J connectivity index is 1.52. The summed E-state index contributed by atoms with van der Waals surface area (Å²) in [5.41, 5.74) is 4.52. The van der Waals surface area contributed by atoms with Gasteiger partial charge in [-0.25, -0.2) is 9.97 Å². The first kappa shape index (κ1) is 19.7. The molecule has 0 aliphatic rings. The van der Waals surface area contributed by atoms with E-state index in [2.05, 4.69) is 31.8 Å². The fraction of sp³-hybridized carbons (Fsp3) is 0. The quantitative estimate of drug-likeness (QED) is 0.339. The lowest BCUT2D eigenvalue weighted by atomic mass is 10.0. The summed E-state index contributed by atoms with van der Waals surface area (Å²) in [6.45, 7) is 3.45. The lowest BCUT2D eigenvalue weighted by Crippen LogP contribution is -2.07. The van der Waals surface area contributed by atoms with Gasteiger partial charge in [0.25, 0.3) is 0 Å². The van der Waals surface area contributed by atoms with Crippen LogP contribution in [0.2, 0.25) is 5.02 Å². The van der Waals surface area contributed by atoms with Gasteiger partial charge in [0.05, 0.1) is 11.7 Å². The monoisotopic (exact) mass is 441 g/mol. The van der Waals surface area contributed by atoms with Crippen LogP contribution >= 0.6 is 11.6 Å². The zero-order valence-electron chi connectivity index (χ0n) is 16.7. The Kier molecular flexibility index (Phi) is 5.01. The molecular formula is C24H16ClN5O2. The molecule has 0 radical (unpaired) electrons. The average Bonchev–Trinajstić information content (AvgIpc) is 3.21. The van der Waals surface area contributed by atoms with Crippen LogP contribution < -0.4 is 10.1 Å². The van der Waals surface area contributed by atoms with Gasteiger partial charge in [0.15, 0.2) is 5.65 Å². The Morgan fingerprint density at radius 2 is 2.03 bits per heavy atom. The molecule has 5 rings (SSSR count). The zero-order chi connectivity index (χ0) is 22.1. The Labute approximate surface area is 187 Å². The van der Waals surface area contributed by atoms with Crippen molar-refractivity contribution in [1.29, 1.82) is 0 Å². The number of pyridine rings is 1. The highest BCUT2D eigenvalue weighted by Crippen LogP contribution is 2.34. The molecular weight excluding hydrogens is 426 g/mol. The highest BCUT2D eigenvalue weighted by Gasteiger charge is 2.14. The SMILES string of the molecule is C=CC(=O)Nc1cccc(Oc2cnc3[nH]cc(-c4ccnc5cc(Cl)ccc45)c3n2)c1. The minimum Gasteiger partial charge on any atom is -0.437 e. The molecule has 0 aliphatic carbocycles. The summed E-state index contributed by atoms with van der Waals surface area (Å²) < 4.78 is 5.91. The van der Waals surface area contributed by atoms with E-state index in [1.54, 1.807) is 36.7 Å². The van der Waals surface area contributed by atoms with E-state index in [1.165, 1.54) is 6.08 Å². The van der Waals surface area contributed by atoms with Crippen LogP contribution in [0.1, 0.15) is 0 Å². The van der Waals surface area contributed by atoms with E-state index in [9.17, 15) is 4.79 Å². The van der Waals surface area contributed by atoms with Gasteiger partial charge in [-0.2, -0.15) is 0 Å². The van der Waals surface area contributed by atoms with Crippen molar-refractivity contribution in [3.63, 3.8) is 0 Å². The number of nitrogens with zero attached hydrogens (tertiary/aromatic N) is 3. The molecule has 0 atom stereocenters. The standard InChI is InChI=1S/C24H16ClN5O2/c1-2-21(31)29-15-4-3-5-16(11-15)32-22-13-28-24-23(30-22)19(12-27-24)17-8-9-26-20-10-14(25)6-7-18(17)20/h2-13H,1H2,(H,27,28)(H,29,31). The summed E-state index contributed by atoms with van der Waals surface area (Å²) in [6, 6.07) is 14.5. The largest absolute Gasteiger partial charge is 0.437 e. The van der Waals surface area contributed by atoms with Gasteiger partial charge in [-0.3, -0.25) is 9.78 Å². The normalized spacial score (nSPS) is 10.9. The first-order valence-electron chi connectivity index (χ1n) is 9.71. The predicted molar refractivity (Wildman–Crippen MR) is 125 cm³/mol. The Morgan fingerprint density at radius 1 is 1.12 bits per heavy atom. The van der Waals surface area contributed by atoms with E-state index in [-0.39, 0.29) is 5.91 Å². The van der Waals surface area contributed by atoms with Crippen LogP contribution in [0.25, 0.3) is 33.2 Å². The van der Waals surface area contributed by atoms with Crippen molar-refractivity contribution in [1.82, 2.24) is 19.9 Å². The van der Waals surface area contributed by atoms with Gasteiger partial charge in [-0.15, -0.1) is 0 Å². The third-order valence-electron chi connectivity index (χ3n) is 4.86. The summed E-state index contributed by atoms with van der Waals surface area (Å²) in [5.74, 6) is 0.541. The number of halogens is 1. The number of hydrogen-bond donors (Lipinski definition) is 2. The lowest BCUT2D eigenvalue weighted by molar-refractivity contribution is -0.111. The summed E-state index contributed by atoms with van der Waals surface area (Å²) in [6.07, 6.45) is 6.35. The van der Waals surface area contributed by atoms with Gasteiger partial charge in [-0.1, -0.05) is 30.3 Å². The van der Waals surface area contributed by atoms with Gasteiger partial charge in [-0.05, 0) is 42.0 Å². The van der Waals surface area contributed by atoms with Crippen LogP contribution in [-0.4, -0.2) is 25.8 Å². The Bertz CT molecular complexity index is 1490. The summed E-state index contributed by atoms with van der Waals surface area (Å²) in [5, 5.41) is 4.28. The summed E-state index contributed by atoms with van der Waals surface area (Å²) >= 11 is 6.12. The van der Waals surface area contributed by atoms with Crippen LogP contribution in [0, 0.1) is 0 Å². The fourth-order valence-corrected chi connectivity index (χ4v) is 3.60. The first-order chi connectivity index (χ1) is 15.6. The number of carbonyl (C=O) groups is 1. The molecule has 2 N–H and O–H groups in total. The van der Waals surface area contributed by atoms with Crippen molar-refractivity contribution in [2.75, 3.05) is 5.32 Å². The van der Waals surface area contributed by atoms with Crippen molar-refractivity contribution >= 4 is 45.3 Å². The lowest BCUT2D eigenvalue weighted by Gasteiger charge is -2.08. The number of aromatic amines is 1. The number of aromatic nitrogens is 4. The van der Waals surface area contributed by atoms with Crippen molar-refractivity contribution in [2.45, 2.75) is 0 Å². The molecule has 0 saturated carbocycles. The number of anilines is 1. The van der Waals surface area contributed by atoms with E-state index in [0.29, 0.717) is 33.5 Å². The first-order valence-corrected chi connectivity index (χ1v) is 10.1. The molecule has 0 fully saturated rings. The van der Waals surface area contributed by atoms with E-state index >= 15 is 0 Å². The number of nitrogens with one attached hydrogen (secondary N) is 2. The summed E-state index contributed by atoms with van der Waals surface area (Å²) in [7, 11) is 0. The van der Waals surface area contributed by atoms with Crippen molar-refractivity contribution in [3.8, 4) is 22.8 Å². The highest BCUT2D eigenvalue weighted by molar-refractivity contribution is 6.31. The van der Waals surface area contributed by atoms with Crippen molar-refractivity contribution in [3.05, 3.63) is 84.8 Å². The molecule has 2 aromatic carbocycles. The summed E-state index contributed by atoms with van der Waals surface area (Å²) in [4.78, 5) is 28.2. The number of H-pyrrole nitrogens is 1. The van der Waals surface area contributed by atoms with Crippen LogP contribution in [0.4, 0.5) is 5.69 Å². The molecule has 0 bridgehead atoms. The molecule has 32 heavy (non-hydrogen) atoms. The van der Waals surface area contributed by atoms with E-state index < -0.39 is 0 Å². The Hall–Kier alpha value is -4.23. The van der Waals surface area contributed by atoms with Crippen LogP contribution in [-0.2, 0) is 4.79 Å². The van der Waals surface area contributed by atoms with Crippen molar-refractivity contribution < 1.29 is 9.53 Å². The van der Waals surface area contributed by atoms with Crippen LogP contribution in [0.15, 0.2) is 79.8 Å². The number of carbonyl (C=O) groups excluding carboxylic acids is 1. The number of hydrogen-bond acceptors (Lipinski definition) is 5. The minimum atomic E-state index is -0.300. The third-order valence-corrected chi connectivity index (χ3v) is 5.10. The topological polar surface area (TPSA) is 92.8 Å². The smallest absolute Gasteiger partial charge is 0.247 e. The number of benzene rings is 2. The molecule has 3 aromatic heterocycles. The highest BCUT2D eigenvalue weighted by atomic mass is 35.5. The second-order valence-electron chi connectivity index (χ2n) is 6.95. The molecule has 156 valence electrons.